The van der Waals surface area contributed by atoms with Gasteiger partial charge in [-0.15, -0.1) is 16.4 Å². The number of amides is 5. The van der Waals surface area contributed by atoms with E-state index < -0.39 is 93.1 Å². The zero-order chi connectivity index (χ0) is 35.0. The monoisotopic (exact) mass is 697 g/mol. The van der Waals surface area contributed by atoms with Crippen molar-refractivity contribution in [2.45, 2.75) is 32.0 Å². The van der Waals surface area contributed by atoms with E-state index in [4.69, 9.17) is 16.3 Å². The number of pyridine rings is 1. The van der Waals surface area contributed by atoms with Crippen molar-refractivity contribution < 1.29 is 47.4 Å². The molecule has 0 radical (unpaired) electrons. The molecule has 23 nitrogen and oxygen atoms in total. The van der Waals surface area contributed by atoms with Gasteiger partial charge in [0.05, 0.1) is 12.2 Å². The van der Waals surface area contributed by atoms with Gasteiger partial charge in [-0.25, -0.2) is 24.1 Å². The van der Waals surface area contributed by atoms with Crippen molar-refractivity contribution in [1.29, 1.82) is 0 Å². The zero-order valence-electron chi connectivity index (χ0n) is 23.9. The Morgan fingerprint density at radius 2 is 1.94 bits per heavy atom. The molecule has 5 amide bonds. The number of primary amides is 1. The fraction of sp³-hybridized carbons (Fsp3) is 0.273. The lowest BCUT2D eigenvalue weighted by molar-refractivity contribution is -0.161. The second-order valence-electron chi connectivity index (χ2n) is 9.90. The molecule has 1 aliphatic heterocycles. The molecule has 4 heterocycles. The highest BCUT2D eigenvalue weighted by atomic mass is 32.2. The molecule has 0 spiro atoms. The first kappa shape index (κ1) is 33.8. The molecule has 1 saturated heterocycles. The van der Waals surface area contributed by atoms with Gasteiger partial charge in [-0.1, -0.05) is 9.24 Å². The van der Waals surface area contributed by atoms with Crippen LogP contribution in [0.4, 0.5) is 9.93 Å². The fourth-order valence-corrected chi connectivity index (χ4v) is 5.03. The number of nitrogen functional groups attached to an aromatic ring is 1. The predicted octanol–water partition coefficient (Wildman–Crippen LogP) is -3.96. The molecule has 1 aliphatic rings. The molecule has 0 aliphatic carbocycles. The van der Waals surface area contributed by atoms with E-state index in [-0.39, 0.29) is 20.6 Å². The van der Waals surface area contributed by atoms with Crippen LogP contribution in [0.15, 0.2) is 32.4 Å². The summed E-state index contributed by atoms with van der Waals surface area (Å²) >= 11 is 0.912. The van der Waals surface area contributed by atoms with Gasteiger partial charge in [0, 0.05) is 17.6 Å². The smallest absolute Gasteiger partial charge is 0.362 e. The van der Waals surface area contributed by atoms with Crippen molar-refractivity contribution >= 4 is 62.1 Å². The molecule has 250 valence electrons. The minimum absolute atomic E-state index is 0.0174. The van der Waals surface area contributed by atoms with Gasteiger partial charge in [-0.2, -0.15) is 8.42 Å². The van der Waals surface area contributed by atoms with E-state index in [0.29, 0.717) is 9.47 Å². The van der Waals surface area contributed by atoms with Crippen LogP contribution in [0.1, 0.15) is 19.5 Å². The maximum Gasteiger partial charge on any atom is 0.362 e. The van der Waals surface area contributed by atoms with E-state index in [9.17, 15) is 52.2 Å². The van der Waals surface area contributed by atoms with Crippen LogP contribution in [0, 0.1) is 0 Å². The molecule has 3 aromatic rings. The largest absolute Gasteiger partial charge is 0.503 e. The molecule has 1 fully saturated rings. The first-order valence-corrected chi connectivity index (χ1v) is 14.9. The number of imide groups is 1. The summed E-state index contributed by atoms with van der Waals surface area (Å²) in [6.07, 6.45) is 0.807. The van der Waals surface area contributed by atoms with Gasteiger partial charge in [0.2, 0.25) is 16.9 Å². The van der Waals surface area contributed by atoms with Crippen LogP contribution in [-0.2, 0) is 40.8 Å². The van der Waals surface area contributed by atoms with Crippen molar-refractivity contribution in [2.75, 3.05) is 12.3 Å². The van der Waals surface area contributed by atoms with Crippen LogP contribution < -0.4 is 32.6 Å². The molecule has 0 bridgehead atoms. The Morgan fingerprint density at radius 3 is 2.49 bits per heavy atom. The number of nitrogens with one attached hydrogen (secondary N) is 3. The van der Waals surface area contributed by atoms with Crippen molar-refractivity contribution in [1.82, 2.24) is 38.7 Å². The number of aromatic nitrogens is 5. The molecular formula is C22H23N11O12S2. The quantitative estimate of drug-likeness (QED) is 0.0571. The highest BCUT2D eigenvalue weighted by molar-refractivity contribution is 7.88. The Labute approximate surface area is 264 Å². The third-order valence-corrected chi connectivity index (χ3v) is 7.87. The van der Waals surface area contributed by atoms with Gasteiger partial charge in [0.25, 0.3) is 11.8 Å². The van der Waals surface area contributed by atoms with Gasteiger partial charge >= 0.3 is 27.9 Å². The third kappa shape index (κ3) is 6.93. The number of likely N-dealkylation sites (tertiary alicyclic amines) is 1. The third-order valence-electron chi connectivity index (χ3n) is 6.07. The number of carboxylic acids is 1. The molecule has 47 heavy (non-hydrogen) atoms. The lowest BCUT2D eigenvalue weighted by atomic mass is 10.1. The summed E-state index contributed by atoms with van der Waals surface area (Å²) in [4.78, 5) is 97.6. The second-order valence-corrected chi connectivity index (χ2v) is 12.3. The van der Waals surface area contributed by atoms with Crippen molar-refractivity contribution in [3.8, 4) is 17.3 Å². The number of aromatic hydroxyl groups is 1. The zero-order valence-corrected chi connectivity index (χ0v) is 25.5. The first-order chi connectivity index (χ1) is 21.8. The van der Waals surface area contributed by atoms with Gasteiger partial charge < -0.3 is 36.8 Å². The summed E-state index contributed by atoms with van der Waals surface area (Å²) in [6, 6.07) is -2.22. The van der Waals surface area contributed by atoms with Gasteiger partial charge in [0.15, 0.2) is 22.4 Å². The molecule has 0 aromatic carbocycles. The Bertz CT molecular complexity index is 2080. The fourth-order valence-electron chi connectivity index (χ4n) is 3.58. The number of urea groups is 1. The van der Waals surface area contributed by atoms with Gasteiger partial charge in [-0.3, -0.25) is 28.6 Å². The number of anilines is 1. The standard InChI is InChI=1S/C22H23N11O12S2/c1-22(2,18(39)40)45-29-14(10-7-46-19(24)27-10)16(37)26-9-5-32(17(9)38)20(41)30-47(43,44)33-21(42)31(6-13(23)36)15(28-33)8-3-11(34)12(35)4-25-8/h3-4,7,9,35H,5-6H2,1-2H3,(H2,23,36)(H2,24,27)(H,25,34)(H,26,37)(H,30,41)(H,39,40)/b29-14-/t9-/m0/s1. The topological polar surface area (TPSA) is 346 Å². The van der Waals surface area contributed by atoms with Gasteiger partial charge in [0.1, 0.15) is 18.3 Å². The van der Waals surface area contributed by atoms with Crippen LogP contribution in [0.2, 0.25) is 0 Å². The second kappa shape index (κ2) is 12.4. The normalized spacial score (nSPS) is 15.1. The number of carboxylic acid groups (broad SMARTS) is 1. The maximum absolute atomic E-state index is 13.0. The van der Waals surface area contributed by atoms with E-state index in [1.165, 1.54) is 10.1 Å². The minimum Gasteiger partial charge on any atom is -0.503 e. The molecule has 25 heteroatoms. The number of nitrogens with zero attached hydrogens (tertiary/aromatic N) is 6. The molecule has 0 unspecified atom stereocenters. The van der Waals surface area contributed by atoms with Crippen LogP contribution in [0.25, 0.3) is 11.5 Å². The highest BCUT2D eigenvalue weighted by Crippen LogP contribution is 2.17. The van der Waals surface area contributed by atoms with Gasteiger partial charge in [-0.05, 0) is 13.8 Å². The number of hydrogen-bond donors (Lipinski definition) is 7. The number of carbonyl (C=O) groups excluding carboxylic acids is 4. The maximum atomic E-state index is 13.0. The molecule has 3 aromatic heterocycles. The Balaban J connectivity index is 1.51. The summed E-state index contributed by atoms with van der Waals surface area (Å²) in [6.45, 7) is 0.805. The number of hydrogen-bond acceptors (Lipinski definition) is 16. The summed E-state index contributed by atoms with van der Waals surface area (Å²) in [5, 5.41) is 29.4. The summed E-state index contributed by atoms with van der Waals surface area (Å²) < 4.78 is 27.6. The number of carbonyl (C=O) groups is 5. The van der Waals surface area contributed by atoms with E-state index in [1.54, 1.807) is 0 Å². The SMILES string of the molecule is CC(C)(O/N=C(\C(=O)N[C@H]1CN(C(=O)NS(=O)(=O)n2nc(-c3cc(=O)c(O)c[nH]3)n(CC(N)=O)c2=O)C1=O)c1csc(N)n1)C(=O)O. The van der Waals surface area contributed by atoms with E-state index >= 15 is 0 Å². The Morgan fingerprint density at radius 1 is 1.26 bits per heavy atom. The Hall–Kier alpha value is -6.11. The van der Waals surface area contributed by atoms with Crippen molar-refractivity contribution in [3.63, 3.8) is 0 Å². The summed E-state index contributed by atoms with van der Waals surface area (Å²) in [5.41, 5.74) is 5.38. The summed E-state index contributed by atoms with van der Waals surface area (Å²) in [5.74, 6) is -6.05. The first-order valence-electron chi connectivity index (χ1n) is 12.6. The van der Waals surface area contributed by atoms with Crippen molar-refractivity contribution in [2.24, 2.45) is 10.9 Å². The van der Waals surface area contributed by atoms with E-state index in [2.05, 4.69) is 25.5 Å². The van der Waals surface area contributed by atoms with Crippen LogP contribution in [0.5, 0.6) is 5.75 Å². The number of rotatable bonds is 11. The van der Waals surface area contributed by atoms with Crippen molar-refractivity contribution in [3.05, 3.63) is 44.0 Å². The summed E-state index contributed by atoms with van der Waals surface area (Å²) in [7, 11) is -5.22. The number of aromatic amines is 1. The number of nitrogens with two attached hydrogens (primary N) is 2. The molecule has 1 atom stereocenters. The van der Waals surface area contributed by atoms with E-state index in [0.717, 1.165) is 37.4 Å². The van der Waals surface area contributed by atoms with Crippen LogP contribution in [-0.4, -0.2) is 101 Å². The average Bonchev–Trinajstić information content (AvgIpc) is 3.54. The molecule has 4 rings (SSSR count). The number of β-lactam (4-membered cyclic amide) rings is 1. The number of H-pyrrole nitrogens is 1. The van der Waals surface area contributed by atoms with Crippen LogP contribution >= 0.6 is 11.3 Å². The van der Waals surface area contributed by atoms with Crippen LogP contribution in [0.3, 0.4) is 0 Å². The lowest BCUT2D eigenvalue weighted by Crippen LogP contribution is -2.68. The van der Waals surface area contributed by atoms with E-state index in [1.807, 2.05) is 0 Å². The molecular weight excluding hydrogens is 674 g/mol. The average molecular weight is 698 g/mol. The lowest BCUT2D eigenvalue weighted by Gasteiger charge is -2.36. The minimum atomic E-state index is -5.22. The number of oxime groups is 1. The molecule has 9 N–H and O–H groups in total. The predicted molar refractivity (Wildman–Crippen MR) is 156 cm³/mol. The number of thiazole rings is 1. The Kier molecular flexibility index (Phi) is 8.88. The highest BCUT2D eigenvalue weighted by Gasteiger charge is 2.44. The molecule has 0 saturated carbocycles. The number of aliphatic carboxylic acids is 1.